The minimum Gasteiger partial charge on any atom is -0.497 e. The Labute approximate surface area is 357 Å². The Kier molecular flexibility index (Phi) is 13.8. The van der Waals surface area contributed by atoms with Gasteiger partial charge < -0.3 is 19.5 Å². The third-order valence-electron chi connectivity index (χ3n) is 11.6. The maximum absolute atomic E-state index is 15.1. The molecule has 0 spiro atoms. The molecule has 1 saturated heterocycles. The lowest BCUT2D eigenvalue weighted by Gasteiger charge is -2.35. The van der Waals surface area contributed by atoms with Crippen LogP contribution in [0.15, 0.2) is 103 Å². The van der Waals surface area contributed by atoms with Crippen molar-refractivity contribution in [2.75, 3.05) is 19.5 Å². The molecule has 0 aliphatic carbocycles. The van der Waals surface area contributed by atoms with Crippen molar-refractivity contribution in [1.82, 2.24) is 15.1 Å². The molecule has 5 rings (SSSR count). The number of halogens is 1. The minimum absolute atomic E-state index is 0.109. The quantitative estimate of drug-likeness (QED) is 0.0254. The topological polar surface area (TPSA) is 144 Å². The van der Waals surface area contributed by atoms with Gasteiger partial charge in [0.25, 0.3) is 16.8 Å². The number of hydrogen-bond donors (Lipinski definition) is 2. The maximum Gasteiger partial charge on any atom is 0.333 e. The van der Waals surface area contributed by atoms with E-state index in [2.05, 4.69) is 58.2 Å². The van der Waals surface area contributed by atoms with Crippen molar-refractivity contribution in [3.05, 3.63) is 125 Å². The zero-order valence-corrected chi connectivity index (χ0v) is 36.5. The van der Waals surface area contributed by atoms with Crippen molar-refractivity contribution in [3.8, 4) is 11.5 Å². The van der Waals surface area contributed by atoms with Crippen molar-refractivity contribution in [3.63, 3.8) is 0 Å². The van der Waals surface area contributed by atoms with E-state index in [0.29, 0.717) is 22.0 Å². The van der Waals surface area contributed by atoms with Crippen molar-refractivity contribution < 1.29 is 38.2 Å². The van der Waals surface area contributed by atoms with Gasteiger partial charge in [-0.1, -0.05) is 121 Å². The number of urea groups is 1. The standard InChI is InChI=1S/C47H55ClN4O8/c1-10-37(60-38-28-25-33(44(4,5)11-2)29-36(38)45(6,7)12-3)40(54)50-47(59-9)42(56)52(43(57)51(47)30-31-19-15-13-16-20-31)46(48,41(55)49-34-21-17-14-18-22-34)39(53)32-23-26-35(58-8)27-24-32/h13-29,37H,10-12,30H2,1-9H3,(H,49,55)(H,50,54). The number of carbonyl (C=O) groups excluding carboxylic acids is 5. The lowest BCUT2D eigenvalue weighted by atomic mass is 9.76. The predicted molar refractivity (Wildman–Crippen MR) is 231 cm³/mol. The molecule has 318 valence electrons. The SMILES string of the molecule is CCC(Oc1ccc(C(C)(C)CC)cc1C(C)(C)CC)C(=O)NC1(OC)C(=O)N(C(Cl)(C(=O)Nc2ccccc2)C(=O)c2ccc(OC)cc2)C(=O)N1Cc1ccccc1. The average Bonchev–Trinajstić information content (AvgIpc) is 3.46. The van der Waals surface area contributed by atoms with Gasteiger partial charge in [-0.25, -0.2) is 9.69 Å². The molecule has 1 aliphatic rings. The molecule has 1 heterocycles. The fraction of sp³-hybridized carbons (Fsp3) is 0.383. The normalized spacial score (nSPS) is 17.2. The summed E-state index contributed by atoms with van der Waals surface area (Å²) in [7, 11) is 2.58. The Bertz CT molecular complexity index is 2200. The highest BCUT2D eigenvalue weighted by Gasteiger charge is 2.68. The maximum atomic E-state index is 15.1. The van der Waals surface area contributed by atoms with E-state index >= 15 is 4.79 Å². The number of methoxy groups -OCH3 is 2. The number of imide groups is 1. The number of para-hydroxylation sites is 1. The molecule has 60 heavy (non-hydrogen) atoms. The molecule has 1 aliphatic heterocycles. The van der Waals surface area contributed by atoms with Gasteiger partial charge in [0, 0.05) is 23.9 Å². The van der Waals surface area contributed by atoms with E-state index in [9.17, 15) is 19.2 Å². The molecule has 12 nitrogen and oxygen atoms in total. The lowest BCUT2D eigenvalue weighted by Crippen LogP contribution is -2.66. The second-order valence-electron chi connectivity index (χ2n) is 16.0. The van der Waals surface area contributed by atoms with Crippen LogP contribution in [0.2, 0.25) is 0 Å². The van der Waals surface area contributed by atoms with Gasteiger partial charge in [0.15, 0.2) is 6.10 Å². The third kappa shape index (κ3) is 8.76. The summed E-state index contributed by atoms with van der Waals surface area (Å²) in [4.78, 5) is 71.9. The fourth-order valence-electron chi connectivity index (χ4n) is 6.87. The van der Waals surface area contributed by atoms with Crippen molar-refractivity contribution >= 4 is 46.8 Å². The zero-order valence-electron chi connectivity index (χ0n) is 35.8. The third-order valence-corrected chi connectivity index (χ3v) is 12.1. The van der Waals surface area contributed by atoms with Gasteiger partial charge in [0.1, 0.15) is 11.5 Å². The zero-order chi connectivity index (χ0) is 44.0. The Morgan fingerprint density at radius 1 is 0.800 bits per heavy atom. The highest BCUT2D eigenvalue weighted by molar-refractivity contribution is 6.51. The molecule has 2 N–H and O–H groups in total. The number of Topliss-reactive ketones (excluding diaryl/α,β-unsaturated/α-hetero) is 1. The van der Waals surface area contributed by atoms with Gasteiger partial charge >= 0.3 is 17.8 Å². The summed E-state index contributed by atoms with van der Waals surface area (Å²) in [6.07, 6.45) is 0.653. The number of rotatable bonds is 18. The molecule has 4 aromatic rings. The highest BCUT2D eigenvalue weighted by atomic mass is 35.5. The molecule has 0 bridgehead atoms. The summed E-state index contributed by atoms with van der Waals surface area (Å²) in [5.74, 6) is -6.09. The fourth-order valence-corrected chi connectivity index (χ4v) is 7.18. The highest BCUT2D eigenvalue weighted by Crippen LogP contribution is 2.41. The van der Waals surface area contributed by atoms with Gasteiger partial charge in [-0.15, -0.1) is 0 Å². The summed E-state index contributed by atoms with van der Waals surface area (Å²) in [6, 6.07) is 27.3. The smallest absolute Gasteiger partial charge is 0.333 e. The molecular weight excluding hydrogens is 784 g/mol. The summed E-state index contributed by atoms with van der Waals surface area (Å²) >= 11 is 7.18. The number of hydrogen-bond acceptors (Lipinski definition) is 8. The van der Waals surface area contributed by atoms with Gasteiger partial charge in [0.05, 0.1) is 13.7 Å². The molecular formula is C47H55ClN4O8. The Balaban J connectivity index is 1.62. The number of alkyl halides is 1. The molecule has 1 fully saturated rings. The number of nitrogens with zero attached hydrogens (tertiary/aromatic N) is 2. The van der Waals surface area contributed by atoms with Gasteiger partial charge in [-0.2, -0.15) is 0 Å². The summed E-state index contributed by atoms with van der Waals surface area (Å²) < 4.78 is 17.7. The molecule has 0 saturated carbocycles. The largest absolute Gasteiger partial charge is 0.497 e. The van der Waals surface area contributed by atoms with Crippen LogP contribution in [0.25, 0.3) is 0 Å². The summed E-state index contributed by atoms with van der Waals surface area (Å²) in [5, 5.41) is 5.26. The number of anilines is 1. The van der Waals surface area contributed by atoms with Crippen LogP contribution in [-0.4, -0.2) is 70.5 Å². The second-order valence-corrected chi connectivity index (χ2v) is 16.6. The van der Waals surface area contributed by atoms with E-state index in [0.717, 1.165) is 36.0 Å². The van der Waals surface area contributed by atoms with Gasteiger partial charge in [0.2, 0.25) is 5.78 Å². The number of benzene rings is 4. The van der Waals surface area contributed by atoms with E-state index in [4.69, 9.17) is 25.8 Å². The molecule has 3 atom stereocenters. The first-order chi connectivity index (χ1) is 28.4. The lowest BCUT2D eigenvalue weighted by molar-refractivity contribution is -0.175. The van der Waals surface area contributed by atoms with Crippen LogP contribution in [-0.2, 0) is 36.5 Å². The minimum atomic E-state index is -3.03. The molecule has 4 aromatic carbocycles. The average molecular weight is 839 g/mol. The molecule has 0 aromatic heterocycles. The monoisotopic (exact) mass is 838 g/mol. The second kappa shape index (κ2) is 18.3. The first kappa shape index (κ1) is 45.4. The van der Waals surface area contributed by atoms with Crippen LogP contribution in [0.5, 0.6) is 11.5 Å². The first-order valence-electron chi connectivity index (χ1n) is 20.1. The molecule has 3 unspecified atom stereocenters. The van der Waals surface area contributed by atoms with Crippen LogP contribution in [0.1, 0.15) is 94.8 Å². The molecule has 0 radical (unpaired) electrons. The van der Waals surface area contributed by atoms with Crippen LogP contribution < -0.4 is 20.1 Å². The van der Waals surface area contributed by atoms with Crippen molar-refractivity contribution in [2.45, 2.75) is 102 Å². The Morgan fingerprint density at radius 2 is 1.40 bits per heavy atom. The van der Waals surface area contributed by atoms with Gasteiger partial charge in [-0.3, -0.25) is 29.4 Å². The number of amides is 5. The predicted octanol–water partition coefficient (Wildman–Crippen LogP) is 8.57. The summed E-state index contributed by atoms with van der Waals surface area (Å²) in [5.41, 5.74) is 2.26. The van der Waals surface area contributed by atoms with Crippen LogP contribution in [0, 0.1) is 0 Å². The van der Waals surface area contributed by atoms with Crippen LogP contribution in [0.4, 0.5) is 10.5 Å². The van der Waals surface area contributed by atoms with Gasteiger partial charge in [-0.05, 0) is 83.7 Å². The van der Waals surface area contributed by atoms with Crippen molar-refractivity contribution in [2.24, 2.45) is 0 Å². The van der Waals surface area contributed by atoms with E-state index in [1.807, 2.05) is 12.1 Å². The van der Waals surface area contributed by atoms with E-state index < -0.39 is 46.5 Å². The Hall–Kier alpha value is -5.72. The van der Waals surface area contributed by atoms with Crippen molar-refractivity contribution in [1.29, 1.82) is 0 Å². The summed E-state index contributed by atoms with van der Waals surface area (Å²) in [6.45, 7) is 14.2. The molecule has 13 heteroatoms. The Morgan fingerprint density at radius 3 is 1.95 bits per heavy atom. The van der Waals surface area contributed by atoms with E-state index in [-0.39, 0.29) is 35.0 Å². The number of ketones is 1. The van der Waals surface area contributed by atoms with E-state index in [1.54, 1.807) is 67.6 Å². The van der Waals surface area contributed by atoms with Crippen LogP contribution in [0.3, 0.4) is 0 Å². The number of carbonyl (C=O) groups is 5. The molecule has 5 amide bonds. The number of nitrogens with one attached hydrogen (secondary N) is 2. The van der Waals surface area contributed by atoms with Crippen LogP contribution >= 0.6 is 11.6 Å². The number of ether oxygens (including phenoxy) is 3. The first-order valence-corrected chi connectivity index (χ1v) is 20.4. The van der Waals surface area contributed by atoms with E-state index in [1.165, 1.54) is 31.4 Å².